The van der Waals surface area contributed by atoms with Crippen LogP contribution in [-0.2, 0) is 0 Å². The quantitative estimate of drug-likeness (QED) is 0.734. The molecule has 0 unspecified atom stereocenters. The molecule has 2 N–H and O–H groups in total. The van der Waals surface area contributed by atoms with Crippen molar-refractivity contribution >= 4 is 11.4 Å². The van der Waals surface area contributed by atoms with Crippen molar-refractivity contribution in [2.45, 2.75) is 0 Å². The molecule has 76 valence electrons. The minimum atomic E-state index is 1.08. The van der Waals surface area contributed by atoms with Crippen molar-refractivity contribution in [2.75, 3.05) is 43.4 Å². The number of para-hydroxylation sites is 2. The number of benzene rings is 1. The molecule has 0 saturated carbocycles. The third-order valence-electron chi connectivity index (χ3n) is 2.63. The topological polar surface area (TPSA) is 27.3 Å². The van der Waals surface area contributed by atoms with E-state index in [1.807, 2.05) is 7.05 Å². The highest BCUT2D eigenvalue weighted by Crippen LogP contribution is 2.24. The third kappa shape index (κ3) is 1.82. The van der Waals surface area contributed by atoms with Crippen molar-refractivity contribution in [1.82, 2.24) is 5.32 Å². The lowest BCUT2D eigenvalue weighted by Gasteiger charge is -2.30. The van der Waals surface area contributed by atoms with E-state index in [1.54, 1.807) is 0 Å². The smallest absolute Gasteiger partial charge is 0.0602 e. The molecule has 0 atom stereocenters. The Morgan fingerprint density at radius 1 is 1.21 bits per heavy atom. The first-order valence-electron chi connectivity index (χ1n) is 5.14. The van der Waals surface area contributed by atoms with Crippen LogP contribution in [0.15, 0.2) is 24.3 Å². The summed E-state index contributed by atoms with van der Waals surface area (Å²) in [6.07, 6.45) is 0. The van der Waals surface area contributed by atoms with Crippen molar-refractivity contribution in [1.29, 1.82) is 0 Å². The van der Waals surface area contributed by atoms with Gasteiger partial charge in [-0.1, -0.05) is 12.1 Å². The van der Waals surface area contributed by atoms with E-state index in [0.29, 0.717) is 0 Å². The van der Waals surface area contributed by atoms with Gasteiger partial charge >= 0.3 is 0 Å². The third-order valence-corrected chi connectivity index (χ3v) is 2.63. The Morgan fingerprint density at radius 3 is 2.64 bits per heavy atom. The fourth-order valence-electron chi connectivity index (χ4n) is 1.87. The van der Waals surface area contributed by atoms with Gasteiger partial charge in [0.15, 0.2) is 0 Å². The van der Waals surface area contributed by atoms with Crippen LogP contribution >= 0.6 is 0 Å². The Kier molecular flexibility index (Phi) is 2.89. The van der Waals surface area contributed by atoms with Crippen molar-refractivity contribution in [2.24, 2.45) is 0 Å². The summed E-state index contributed by atoms with van der Waals surface area (Å²) >= 11 is 0. The number of piperazine rings is 1. The summed E-state index contributed by atoms with van der Waals surface area (Å²) < 4.78 is 0. The van der Waals surface area contributed by atoms with E-state index in [-0.39, 0.29) is 0 Å². The van der Waals surface area contributed by atoms with Crippen molar-refractivity contribution < 1.29 is 0 Å². The molecule has 3 heteroatoms. The van der Waals surface area contributed by atoms with Gasteiger partial charge in [0.25, 0.3) is 0 Å². The molecular weight excluding hydrogens is 174 g/mol. The van der Waals surface area contributed by atoms with E-state index in [0.717, 1.165) is 26.2 Å². The zero-order valence-corrected chi connectivity index (χ0v) is 8.59. The normalized spacial score (nSPS) is 16.8. The highest BCUT2D eigenvalue weighted by molar-refractivity contribution is 5.69. The molecule has 0 amide bonds. The number of rotatable bonds is 2. The van der Waals surface area contributed by atoms with E-state index >= 15 is 0 Å². The SMILES string of the molecule is CNc1ccccc1N1CCNCC1. The van der Waals surface area contributed by atoms with Gasteiger partial charge in [0.2, 0.25) is 0 Å². The summed E-state index contributed by atoms with van der Waals surface area (Å²) in [7, 11) is 1.97. The summed E-state index contributed by atoms with van der Waals surface area (Å²) in [6.45, 7) is 4.35. The molecule has 0 aromatic heterocycles. The molecule has 1 aromatic carbocycles. The lowest BCUT2D eigenvalue weighted by atomic mass is 10.2. The van der Waals surface area contributed by atoms with Crippen LogP contribution in [0.1, 0.15) is 0 Å². The van der Waals surface area contributed by atoms with Gasteiger partial charge in [0.05, 0.1) is 11.4 Å². The van der Waals surface area contributed by atoms with Crippen LogP contribution in [0.2, 0.25) is 0 Å². The van der Waals surface area contributed by atoms with E-state index in [1.165, 1.54) is 11.4 Å². The summed E-state index contributed by atoms with van der Waals surface area (Å²) in [5.74, 6) is 0. The molecule has 14 heavy (non-hydrogen) atoms. The molecule has 1 heterocycles. The van der Waals surface area contributed by atoms with Gasteiger partial charge in [0.1, 0.15) is 0 Å². The van der Waals surface area contributed by atoms with E-state index in [9.17, 15) is 0 Å². The first-order valence-corrected chi connectivity index (χ1v) is 5.14. The minimum Gasteiger partial charge on any atom is -0.386 e. The molecule has 1 saturated heterocycles. The number of nitrogens with zero attached hydrogens (tertiary/aromatic N) is 1. The Bertz CT molecular complexity index is 292. The highest BCUT2D eigenvalue weighted by Gasteiger charge is 2.12. The van der Waals surface area contributed by atoms with Crippen LogP contribution < -0.4 is 15.5 Å². The lowest BCUT2D eigenvalue weighted by Crippen LogP contribution is -2.43. The van der Waals surface area contributed by atoms with Crippen LogP contribution in [0, 0.1) is 0 Å². The Hall–Kier alpha value is -1.22. The predicted octanol–water partition coefficient (Wildman–Crippen LogP) is 1.14. The summed E-state index contributed by atoms with van der Waals surface area (Å²) in [4.78, 5) is 2.42. The molecule has 1 fully saturated rings. The first-order chi connectivity index (χ1) is 6.92. The largest absolute Gasteiger partial charge is 0.386 e. The van der Waals surface area contributed by atoms with Crippen LogP contribution in [0.4, 0.5) is 11.4 Å². The Labute approximate surface area is 85.1 Å². The van der Waals surface area contributed by atoms with Gasteiger partial charge < -0.3 is 15.5 Å². The molecule has 1 aromatic rings. The van der Waals surface area contributed by atoms with Crippen LogP contribution in [0.25, 0.3) is 0 Å². The monoisotopic (exact) mass is 191 g/mol. The lowest BCUT2D eigenvalue weighted by molar-refractivity contribution is 0.589. The van der Waals surface area contributed by atoms with Gasteiger partial charge in [0, 0.05) is 33.2 Å². The second-order valence-electron chi connectivity index (χ2n) is 3.50. The molecular formula is C11H17N3. The van der Waals surface area contributed by atoms with Gasteiger partial charge in [-0.15, -0.1) is 0 Å². The molecule has 0 aliphatic carbocycles. The Morgan fingerprint density at radius 2 is 1.93 bits per heavy atom. The average molecular weight is 191 g/mol. The number of anilines is 2. The maximum absolute atomic E-state index is 3.36. The maximum Gasteiger partial charge on any atom is 0.0602 e. The highest BCUT2D eigenvalue weighted by atomic mass is 15.2. The molecule has 3 nitrogen and oxygen atoms in total. The Balaban J connectivity index is 2.20. The van der Waals surface area contributed by atoms with Crippen molar-refractivity contribution in [3.63, 3.8) is 0 Å². The number of nitrogens with one attached hydrogen (secondary N) is 2. The fourth-order valence-corrected chi connectivity index (χ4v) is 1.87. The summed E-state index contributed by atoms with van der Waals surface area (Å²) in [5, 5.41) is 6.59. The minimum absolute atomic E-state index is 1.08. The molecule has 1 aliphatic heterocycles. The zero-order chi connectivity index (χ0) is 9.80. The molecule has 1 aliphatic rings. The van der Waals surface area contributed by atoms with E-state index in [4.69, 9.17) is 0 Å². The second-order valence-corrected chi connectivity index (χ2v) is 3.50. The first kappa shape index (κ1) is 9.34. The average Bonchev–Trinajstić information content (AvgIpc) is 2.30. The molecule has 2 rings (SSSR count). The van der Waals surface area contributed by atoms with Crippen molar-refractivity contribution in [3.8, 4) is 0 Å². The standard InChI is InChI=1S/C11H17N3/c1-12-10-4-2-3-5-11(10)14-8-6-13-7-9-14/h2-5,12-13H,6-9H2,1H3. The fraction of sp³-hybridized carbons (Fsp3) is 0.455. The second kappa shape index (κ2) is 4.33. The zero-order valence-electron chi connectivity index (χ0n) is 8.59. The van der Waals surface area contributed by atoms with Crippen LogP contribution in [0.5, 0.6) is 0 Å². The summed E-state index contributed by atoms with van der Waals surface area (Å²) in [5.41, 5.74) is 2.53. The molecule has 0 spiro atoms. The number of hydrogen-bond acceptors (Lipinski definition) is 3. The van der Waals surface area contributed by atoms with Gasteiger partial charge in [-0.2, -0.15) is 0 Å². The molecule has 0 radical (unpaired) electrons. The molecule has 0 bridgehead atoms. The number of hydrogen-bond donors (Lipinski definition) is 2. The summed E-state index contributed by atoms with van der Waals surface area (Å²) in [6, 6.07) is 8.46. The van der Waals surface area contributed by atoms with E-state index < -0.39 is 0 Å². The van der Waals surface area contributed by atoms with Gasteiger partial charge in [-0.3, -0.25) is 0 Å². The predicted molar refractivity (Wildman–Crippen MR) is 61.1 cm³/mol. The van der Waals surface area contributed by atoms with Crippen LogP contribution in [0.3, 0.4) is 0 Å². The van der Waals surface area contributed by atoms with Crippen molar-refractivity contribution in [3.05, 3.63) is 24.3 Å². The van der Waals surface area contributed by atoms with Gasteiger partial charge in [-0.05, 0) is 12.1 Å². The maximum atomic E-state index is 3.36. The van der Waals surface area contributed by atoms with E-state index in [2.05, 4.69) is 39.8 Å². The van der Waals surface area contributed by atoms with Gasteiger partial charge in [-0.25, -0.2) is 0 Å². The van der Waals surface area contributed by atoms with Crippen LogP contribution in [-0.4, -0.2) is 33.2 Å².